The Hall–Kier alpha value is -0.700. The van der Waals surface area contributed by atoms with Crippen LogP contribution in [0.25, 0.3) is 0 Å². The summed E-state index contributed by atoms with van der Waals surface area (Å²) < 4.78 is 13.9. The lowest BCUT2D eigenvalue weighted by atomic mass is 10.1. The second-order valence-electron chi connectivity index (χ2n) is 3.11. The number of benzene rings is 1. The second-order valence-corrected chi connectivity index (χ2v) is 3.96. The maximum Gasteiger partial charge on any atom is 0.140 e. The Morgan fingerprint density at radius 3 is 2.86 bits per heavy atom. The molecule has 14 heavy (non-hydrogen) atoms. The summed E-state index contributed by atoms with van der Waals surface area (Å²) in [6, 6.07) is 5.14. The standard InChI is InChI=1S/C11H12BrFO/c1-2-9(14)7-6-8-4-3-5-10(12)11(8)13/h3-5H,2,6-7H2,1H3. The van der Waals surface area contributed by atoms with Gasteiger partial charge < -0.3 is 0 Å². The van der Waals surface area contributed by atoms with Gasteiger partial charge in [-0.2, -0.15) is 0 Å². The smallest absolute Gasteiger partial charge is 0.140 e. The molecule has 0 aliphatic rings. The van der Waals surface area contributed by atoms with Gasteiger partial charge in [-0.3, -0.25) is 4.79 Å². The van der Waals surface area contributed by atoms with Gasteiger partial charge >= 0.3 is 0 Å². The molecule has 76 valence electrons. The van der Waals surface area contributed by atoms with Gasteiger partial charge in [-0.25, -0.2) is 4.39 Å². The molecule has 0 radical (unpaired) electrons. The first-order valence-electron chi connectivity index (χ1n) is 4.59. The summed E-state index contributed by atoms with van der Waals surface area (Å²) in [5, 5.41) is 0. The van der Waals surface area contributed by atoms with E-state index in [-0.39, 0.29) is 11.6 Å². The number of hydrogen-bond donors (Lipinski definition) is 0. The van der Waals surface area contributed by atoms with E-state index in [1.807, 2.05) is 6.92 Å². The molecule has 0 spiro atoms. The van der Waals surface area contributed by atoms with Crippen molar-refractivity contribution in [2.75, 3.05) is 0 Å². The molecule has 0 atom stereocenters. The van der Waals surface area contributed by atoms with Crippen molar-refractivity contribution in [3.63, 3.8) is 0 Å². The summed E-state index contributed by atoms with van der Waals surface area (Å²) in [5.41, 5.74) is 0.598. The van der Waals surface area contributed by atoms with E-state index in [4.69, 9.17) is 0 Å². The van der Waals surface area contributed by atoms with E-state index in [9.17, 15) is 9.18 Å². The van der Waals surface area contributed by atoms with Crippen molar-refractivity contribution in [3.05, 3.63) is 34.1 Å². The van der Waals surface area contributed by atoms with E-state index in [1.165, 1.54) is 0 Å². The number of aryl methyl sites for hydroxylation is 1. The van der Waals surface area contributed by atoms with E-state index in [0.717, 1.165) is 0 Å². The van der Waals surface area contributed by atoms with Crippen molar-refractivity contribution in [2.45, 2.75) is 26.2 Å². The maximum absolute atomic E-state index is 13.4. The fraction of sp³-hybridized carbons (Fsp3) is 0.364. The van der Waals surface area contributed by atoms with Crippen LogP contribution in [0.4, 0.5) is 4.39 Å². The molecule has 0 aliphatic carbocycles. The van der Waals surface area contributed by atoms with E-state index in [0.29, 0.717) is 29.3 Å². The quantitative estimate of drug-likeness (QED) is 0.808. The van der Waals surface area contributed by atoms with E-state index < -0.39 is 0 Å². The largest absolute Gasteiger partial charge is 0.300 e. The Morgan fingerprint density at radius 1 is 1.50 bits per heavy atom. The van der Waals surface area contributed by atoms with Crippen molar-refractivity contribution in [3.8, 4) is 0 Å². The third-order valence-corrected chi connectivity index (χ3v) is 2.71. The van der Waals surface area contributed by atoms with Crippen LogP contribution >= 0.6 is 15.9 Å². The van der Waals surface area contributed by atoms with E-state index in [2.05, 4.69) is 15.9 Å². The molecule has 1 aromatic carbocycles. The highest BCUT2D eigenvalue weighted by Crippen LogP contribution is 2.19. The van der Waals surface area contributed by atoms with Gasteiger partial charge in [0.15, 0.2) is 0 Å². The summed E-state index contributed by atoms with van der Waals surface area (Å²) in [7, 11) is 0. The normalized spacial score (nSPS) is 10.2. The van der Waals surface area contributed by atoms with Gasteiger partial charge in [0.2, 0.25) is 0 Å². The summed E-state index contributed by atoms with van der Waals surface area (Å²) in [4.78, 5) is 11.0. The van der Waals surface area contributed by atoms with Gasteiger partial charge in [0, 0.05) is 12.8 Å². The van der Waals surface area contributed by atoms with Crippen molar-refractivity contribution in [1.29, 1.82) is 0 Å². The number of Topliss-reactive ketones (excluding diaryl/α,β-unsaturated/α-hetero) is 1. The number of carbonyl (C=O) groups is 1. The Labute approximate surface area is 91.5 Å². The molecular weight excluding hydrogens is 247 g/mol. The molecule has 1 nitrogen and oxygen atoms in total. The minimum absolute atomic E-state index is 0.171. The molecule has 0 aliphatic heterocycles. The number of carbonyl (C=O) groups excluding carboxylic acids is 1. The van der Waals surface area contributed by atoms with Gasteiger partial charge in [0.1, 0.15) is 11.6 Å². The number of hydrogen-bond acceptors (Lipinski definition) is 1. The maximum atomic E-state index is 13.4. The third kappa shape index (κ3) is 2.91. The molecule has 0 bridgehead atoms. The van der Waals surface area contributed by atoms with Gasteiger partial charge in [0.05, 0.1) is 4.47 Å². The Kier molecular flexibility index (Phi) is 4.26. The minimum atomic E-state index is -0.253. The van der Waals surface area contributed by atoms with Crippen LogP contribution in [0.5, 0.6) is 0 Å². The monoisotopic (exact) mass is 258 g/mol. The van der Waals surface area contributed by atoms with Crippen molar-refractivity contribution >= 4 is 21.7 Å². The van der Waals surface area contributed by atoms with Crippen LogP contribution in [0.3, 0.4) is 0 Å². The van der Waals surface area contributed by atoms with Gasteiger partial charge in [-0.1, -0.05) is 19.1 Å². The van der Waals surface area contributed by atoms with Gasteiger partial charge in [-0.05, 0) is 34.0 Å². The zero-order valence-corrected chi connectivity index (χ0v) is 9.60. The lowest BCUT2D eigenvalue weighted by Crippen LogP contribution is -1.99. The highest BCUT2D eigenvalue weighted by molar-refractivity contribution is 9.10. The molecule has 0 saturated carbocycles. The average molecular weight is 259 g/mol. The fourth-order valence-corrected chi connectivity index (χ4v) is 1.60. The first kappa shape index (κ1) is 11.4. The Balaban J connectivity index is 2.68. The molecule has 0 heterocycles. The number of ketones is 1. The second kappa shape index (κ2) is 5.25. The van der Waals surface area contributed by atoms with E-state index in [1.54, 1.807) is 18.2 Å². The molecular formula is C11H12BrFO. The molecule has 0 unspecified atom stereocenters. The SMILES string of the molecule is CCC(=O)CCc1cccc(Br)c1F. The summed E-state index contributed by atoms with van der Waals surface area (Å²) in [5.74, 6) is -0.0826. The first-order valence-corrected chi connectivity index (χ1v) is 5.39. The first-order chi connectivity index (χ1) is 6.65. The van der Waals surface area contributed by atoms with Crippen LogP contribution in [0, 0.1) is 5.82 Å². The predicted octanol–water partition coefficient (Wildman–Crippen LogP) is 3.50. The van der Waals surface area contributed by atoms with Crippen LogP contribution < -0.4 is 0 Å². The molecule has 3 heteroatoms. The molecule has 0 fully saturated rings. The zero-order valence-electron chi connectivity index (χ0n) is 8.02. The van der Waals surface area contributed by atoms with Gasteiger partial charge in [-0.15, -0.1) is 0 Å². The predicted molar refractivity (Wildman–Crippen MR) is 57.7 cm³/mol. The van der Waals surface area contributed by atoms with Crippen LogP contribution in [0.1, 0.15) is 25.3 Å². The minimum Gasteiger partial charge on any atom is -0.300 e. The number of rotatable bonds is 4. The van der Waals surface area contributed by atoms with E-state index >= 15 is 0 Å². The van der Waals surface area contributed by atoms with Crippen LogP contribution in [0.15, 0.2) is 22.7 Å². The Bertz CT molecular complexity index is 336. The molecule has 0 amide bonds. The summed E-state index contributed by atoms with van der Waals surface area (Å²) in [6.07, 6.45) is 1.43. The summed E-state index contributed by atoms with van der Waals surface area (Å²) in [6.45, 7) is 1.82. The van der Waals surface area contributed by atoms with Crippen molar-refractivity contribution in [2.24, 2.45) is 0 Å². The summed E-state index contributed by atoms with van der Waals surface area (Å²) >= 11 is 3.11. The Morgan fingerprint density at radius 2 is 2.21 bits per heavy atom. The molecule has 0 N–H and O–H groups in total. The highest BCUT2D eigenvalue weighted by atomic mass is 79.9. The molecule has 1 aromatic rings. The van der Waals surface area contributed by atoms with Gasteiger partial charge in [0.25, 0.3) is 0 Å². The average Bonchev–Trinajstić information content (AvgIpc) is 2.20. The van der Waals surface area contributed by atoms with Crippen molar-refractivity contribution < 1.29 is 9.18 Å². The molecule has 0 saturated heterocycles. The van der Waals surface area contributed by atoms with Crippen LogP contribution in [-0.2, 0) is 11.2 Å². The topological polar surface area (TPSA) is 17.1 Å². The van der Waals surface area contributed by atoms with Crippen LogP contribution in [0.2, 0.25) is 0 Å². The molecule has 0 aromatic heterocycles. The zero-order chi connectivity index (χ0) is 10.6. The highest BCUT2D eigenvalue weighted by Gasteiger charge is 2.07. The lowest BCUT2D eigenvalue weighted by molar-refractivity contribution is -0.118. The fourth-order valence-electron chi connectivity index (χ4n) is 1.19. The number of halogens is 2. The molecule has 1 rings (SSSR count). The third-order valence-electron chi connectivity index (χ3n) is 2.10. The van der Waals surface area contributed by atoms with Crippen LogP contribution in [-0.4, -0.2) is 5.78 Å². The van der Waals surface area contributed by atoms with Crippen molar-refractivity contribution in [1.82, 2.24) is 0 Å². The lowest BCUT2D eigenvalue weighted by Gasteiger charge is -2.03.